The number of hydrogen-bond acceptors (Lipinski definition) is 2. The maximum atomic E-state index is 6.02. The van der Waals surface area contributed by atoms with Crippen molar-refractivity contribution in [3.63, 3.8) is 0 Å². The van der Waals surface area contributed by atoms with Gasteiger partial charge in [0.15, 0.2) is 0 Å². The standard InChI is InChI=1S/C16H19ClN2/c1-11-6-7-15(12(2)8-11)16(19-18)10-13-4-3-5-14(17)9-13/h3-9,16,19H,10,18H2,1-2H3. The molecule has 0 spiro atoms. The summed E-state index contributed by atoms with van der Waals surface area (Å²) in [6.07, 6.45) is 0.820. The van der Waals surface area contributed by atoms with Gasteiger partial charge in [0, 0.05) is 5.02 Å². The number of nitrogens with one attached hydrogen (secondary N) is 1. The molecule has 3 heteroatoms. The fourth-order valence-electron chi connectivity index (χ4n) is 2.37. The molecule has 2 rings (SSSR count). The van der Waals surface area contributed by atoms with Gasteiger partial charge in [-0.25, -0.2) is 0 Å². The Labute approximate surface area is 119 Å². The summed E-state index contributed by atoms with van der Waals surface area (Å²) < 4.78 is 0. The fourth-order valence-corrected chi connectivity index (χ4v) is 2.59. The van der Waals surface area contributed by atoms with E-state index in [-0.39, 0.29) is 6.04 Å². The maximum Gasteiger partial charge on any atom is 0.0502 e. The average Bonchev–Trinajstić information content (AvgIpc) is 2.37. The van der Waals surface area contributed by atoms with Crippen molar-refractivity contribution in [2.24, 2.45) is 5.84 Å². The van der Waals surface area contributed by atoms with E-state index in [1.54, 1.807) is 0 Å². The summed E-state index contributed by atoms with van der Waals surface area (Å²) in [6, 6.07) is 14.4. The second kappa shape index (κ2) is 6.20. The summed E-state index contributed by atoms with van der Waals surface area (Å²) in [5.74, 6) is 5.71. The monoisotopic (exact) mass is 274 g/mol. The molecule has 0 saturated heterocycles. The highest BCUT2D eigenvalue weighted by Gasteiger charge is 2.13. The third-order valence-electron chi connectivity index (χ3n) is 3.33. The SMILES string of the molecule is Cc1ccc(C(Cc2cccc(Cl)c2)NN)c(C)c1. The van der Waals surface area contributed by atoms with Gasteiger partial charge in [-0.05, 0) is 49.1 Å². The molecule has 19 heavy (non-hydrogen) atoms. The number of aryl methyl sites for hydroxylation is 2. The topological polar surface area (TPSA) is 38.0 Å². The quantitative estimate of drug-likeness (QED) is 0.659. The predicted molar refractivity (Wildman–Crippen MR) is 81.1 cm³/mol. The van der Waals surface area contributed by atoms with Crippen LogP contribution in [-0.4, -0.2) is 0 Å². The van der Waals surface area contributed by atoms with Crippen LogP contribution in [0.25, 0.3) is 0 Å². The first-order chi connectivity index (χ1) is 9.10. The molecule has 0 fully saturated rings. The molecule has 100 valence electrons. The van der Waals surface area contributed by atoms with E-state index in [1.165, 1.54) is 22.3 Å². The van der Waals surface area contributed by atoms with Crippen molar-refractivity contribution < 1.29 is 0 Å². The second-order valence-electron chi connectivity index (χ2n) is 4.91. The van der Waals surface area contributed by atoms with Gasteiger partial charge in [0.2, 0.25) is 0 Å². The fraction of sp³-hybridized carbons (Fsp3) is 0.250. The van der Waals surface area contributed by atoms with Gasteiger partial charge in [0.1, 0.15) is 0 Å². The number of benzene rings is 2. The Kier molecular flexibility index (Phi) is 4.59. The minimum absolute atomic E-state index is 0.0964. The molecule has 2 aromatic rings. The molecular formula is C16H19ClN2. The highest BCUT2D eigenvalue weighted by Crippen LogP contribution is 2.23. The molecule has 0 amide bonds. The molecule has 1 unspecified atom stereocenters. The zero-order valence-corrected chi connectivity index (χ0v) is 12.0. The van der Waals surface area contributed by atoms with Crippen LogP contribution in [0.1, 0.15) is 28.3 Å². The van der Waals surface area contributed by atoms with Crippen LogP contribution in [0.4, 0.5) is 0 Å². The first-order valence-corrected chi connectivity index (χ1v) is 6.75. The van der Waals surface area contributed by atoms with Crippen molar-refractivity contribution in [2.45, 2.75) is 26.3 Å². The van der Waals surface area contributed by atoms with Crippen LogP contribution in [0.3, 0.4) is 0 Å². The molecule has 2 nitrogen and oxygen atoms in total. The van der Waals surface area contributed by atoms with Crippen molar-refractivity contribution in [3.8, 4) is 0 Å². The lowest BCUT2D eigenvalue weighted by Gasteiger charge is -2.19. The Bertz CT molecular complexity index is 566. The highest BCUT2D eigenvalue weighted by atomic mass is 35.5. The van der Waals surface area contributed by atoms with E-state index < -0.39 is 0 Å². The highest BCUT2D eigenvalue weighted by molar-refractivity contribution is 6.30. The Morgan fingerprint density at radius 1 is 1.16 bits per heavy atom. The molecule has 3 N–H and O–H groups in total. The smallest absolute Gasteiger partial charge is 0.0502 e. The minimum Gasteiger partial charge on any atom is -0.271 e. The van der Waals surface area contributed by atoms with Crippen molar-refractivity contribution in [1.82, 2.24) is 5.43 Å². The molecule has 1 atom stereocenters. The van der Waals surface area contributed by atoms with E-state index in [9.17, 15) is 0 Å². The molecule has 0 aliphatic heterocycles. The molecule has 0 saturated carbocycles. The van der Waals surface area contributed by atoms with Gasteiger partial charge in [0.05, 0.1) is 6.04 Å². The summed E-state index contributed by atoms with van der Waals surface area (Å²) in [5, 5.41) is 0.758. The molecule has 0 bridgehead atoms. The van der Waals surface area contributed by atoms with E-state index in [2.05, 4.69) is 43.5 Å². The minimum atomic E-state index is 0.0964. The van der Waals surface area contributed by atoms with Crippen molar-refractivity contribution in [2.75, 3.05) is 0 Å². The predicted octanol–water partition coefficient (Wildman–Crippen LogP) is 3.70. The number of halogens is 1. The van der Waals surface area contributed by atoms with Crippen LogP contribution < -0.4 is 11.3 Å². The Hall–Kier alpha value is -1.35. The second-order valence-corrected chi connectivity index (χ2v) is 5.35. The molecule has 0 radical (unpaired) electrons. The third kappa shape index (κ3) is 3.57. The number of nitrogens with two attached hydrogens (primary N) is 1. The van der Waals surface area contributed by atoms with Crippen LogP contribution in [0.2, 0.25) is 5.02 Å². The summed E-state index contributed by atoms with van der Waals surface area (Å²) in [5.41, 5.74) is 7.83. The van der Waals surface area contributed by atoms with Gasteiger partial charge < -0.3 is 0 Å². The van der Waals surface area contributed by atoms with Gasteiger partial charge in [-0.15, -0.1) is 0 Å². The molecule has 0 aliphatic rings. The number of hydrogen-bond donors (Lipinski definition) is 2. The number of rotatable bonds is 4. The van der Waals surface area contributed by atoms with Crippen LogP contribution in [0.15, 0.2) is 42.5 Å². The third-order valence-corrected chi connectivity index (χ3v) is 3.57. The van der Waals surface area contributed by atoms with E-state index in [0.717, 1.165) is 11.4 Å². The zero-order valence-electron chi connectivity index (χ0n) is 11.3. The molecule has 0 aromatic heterocycles. The van der Waals surface area contributed by atoms with E-state index in [4.69, 9.17) is 17.4 Å². The lowest BCUT2D eigenvalue weighted by Crippen LogP contribution is -2.30. The summed E-state index contributed by atoms with van der Waals surface area (Å²) >= 11 is 6.02. The van der Waals surface area contributed by atoms with E-state index in [0.29, 0.717) is 0 Å². The summed E-state index contributed by atoms with van der Waals surface area (Å²) in [6.45, 7) is 4.21. The van der Waals surface area contributed by atoms with Gasteiger partial charge in [-0.2, -0.15) is 0 Å². The van der Waals surface area contributed by atoms with Crippen LogP contribution in [0.5, 0.6) is 0 Å². The molecule has 2 aromatic carbocycles. The molecular weight excluding hydrogens is 256 g/mol. The largest absolute Gasteiger partial charge is 0.271 e. The summed E-state index contributed by atoms with van der Waals surface area (Å²) in [7, 11) is 0. The Morgan fingerprint density at radius 3 is 2.58 bits per heavy atom. The van der Waals surface area contributed by atoms with Gasteiger partial charge in [0.25, 0.3) is 0 Å². The van der Waals surface area contributed by atoms with Crippen LogP contribution in [0, 0.1) is 13.8 Å². The zero-order chi connectivity index (χ0) is 13.8. The van der Waals surface area contributed by atoms with Gasteiger partial charge in [-0.1, -0.05) is 47.5 Å². The number of hydrazine groups is 1. The van der Waals surface area contributed by atoms with Gasteiger partial charge >= 0.3 is 0 Å². The van der Waals surface area contributed by atoms with Crippen molar-refractivity contribution in [3.05, 3.63) is 69.7 Å². The van der Waals surface area contributed by atoms with E-state index in [1.807, 2.05) is 18.2 Å². The maximum absolute atomic E-state index is 6.02. The van der Waals surface area contributed by atoms with Crippen molar-refractivity contribution in [1.29, 1.82) is 0 Å². The average molecular weight is 275 g/mol. The Morgan fingerprint density at radius 2 is 1.95 bits per heavy atom. The first-order valence-electron chi connectivity index (χ1n) is 6.38. The van der Waals surface area contributed by atoms with Crippen LogP contribution in [-0.2, 0) is 6.42 Å². The molecule has 0 aliphatic carbocycles. The van der Waals surface area contributed by atoms with Gasteiger partial charge in [-0.3, -0.25) is 11.3 Å². The lowest BCUT2D eigenvalue weighted by molar-refractivity contribution is 0.549. The lowest BCUT2D eigenvalue weighted by atomic mass is 9.95. The normalized spacial score (nSPS) is 12.4. The molecule has 0 heterocycles. The first kappa shape index (κ1) is 14.1. The summed E-state index contributed by atoms with van der Waals surface area (Å²) in [4.78, 5) is 0. The van der Waals surface area contributed by atoms with E-state index >= 15 is 0 Å². The Balaban J connectivity index is 2.25. The van der Waals surface area contributed by atoms with Crippen molar-refractivity contribution >= 4 is 11.6 Å². The van der Waals surface area contributed by atoms with Crippen LogP contribution >= 0.6 is 11.6 Å².